The van der Waals surface area contributed by atoms with Crippen LogP contribution < -0.4 is 5.32 Å². The molecule has 0 aliphatic heterocycles. The first kappa shape index (κ1) is 14.3. The number of pyridine rings is 1. The second kappa shape index (κ2) is 6.33. The molecule has 0 bridgehead atoms. The Morgan fingerprint density at radius 3 is 2.37 bits per heavy atom. The van der Waals surface area contributed by atoms with Crippen molar-refractivity contribution in [2.24, 2.45) is 0 Å². The Kier molecular flexibility index (Phi) is 4.75. The Labute approximate surface area is 121 Å². The van der Waals surface area contributed by atoms with Gasteiger partial charge in [-0.25, -0.2) is 4.39 Å². The summed E-state index contributed by atoms with van der Waals surface area (Å²) in [5.41, 5.74) is 1.62. The van der Waals surface area contributed by atoms with Gasteiger partial charge in [0.1, 0.15) is 5.82 Å². The lowest BCUT2D eigenvalue weighted by atomic mass is 10.00. The lowest BCUT2D eigenvalue weighted by Gasteiger charge is -2.19. The van der Waals surface area contributed by atoms with Crippen LogP contribution in [0, 0.1) is 5.82 Å². The van der Waals surface area contributed by atoms with E-state index in [1.807, 2.05) is 19.1 Å². The first-order chi connectivity index (χ1) is 9.10. The molecule has 0 fully saturated rings. The number of nitrogens with zero attached hydrogens (tertiary/aromatic N) is 1. The molecule has 0 aliphatic carbocycles. The maximum atomic E-state index is 13.3. The Hall–Kier alpha value is -1.16. The molecule has 100 valence electrons. The Balaban J connectivity index is 2.44. The number of aromatic nitrogens is 1. The van der Waals surface area contributed by atoms with Crippen molar-refractivity contribution in [3.05, 3.63) is 63.6 Å². The number of benzene rings is 1. The van der Waals surface area contributed by atoms with Crippen LogP contribution in [0.1, 0.15) is 24.1 Å². The summed E-state index contributed by atoms with van der Waals surface area (Å²) in [4.78, 5) is 3.88. The molecule has 0 radical (unpaired) electrons. The number of rotatable bonds is 4. The smallest absolute Gasteiger partial charge is 0.141 e. The van der Waals surface area contributed by atoms with Crippen molar-refractivity contribution in [3.8, 4) is 0 Å². The van der Waals surface area contributed by atoms with Crippen molar-refractivity contribution in [1.29, 1.82) is 0 Å². The van der Waals surface area contributed by atoms with Gasteiger partial charge in [-0.3, -0.25) is 4.98 Å². The molecule has 1 N–H and O–H groups in total. The molecule has 1 unspecified atom stereocenters. The second-order valence-electron chi connectivity index (χ2n) is 4.13. The highest BCUT2D eigenvalue weighted by atomic mass is 35.5. The molecule has 0 amide bonds. The molecule has 0 aliphatic rings. The summed E-state index contributed by atoms with van der Waals surface area (Å²) in [6.45, 7) is 2.71. The second-order valence-corrected chi connectivity index (χ2v) is 5.00. The van der Waals surface area contributed by atoms with E-state index in [0.29, 0.717) is 10.0 Å². The van der Waals surface area contributed by atoms with Crippen molar-refractivity contribution in [3.63, 3.8) is 0 Å². The zero-order chi connectivity index (χ0) is 13.8. The fraction of sp³-hybridized carbons (Fsp3) is 0.214. The third-order valence-corrected chi connectivity index (χ3v) is 3.12. The molecule has 2 aromatic rings. The summed E-state index contributed by atoms with van der Waals surface area (Å²) in [7, 11) is 0. The van der Waals surface area contributed by atoms with E-state index >= 15 is 0 Å². The molecule has 0 saturated carbocycles. The van der Waals surface area contributed by atoms with Crippen molar-refractivity contribution < 1.29 is 4.39 Å². The third-order valence-electron chi connectivity index (χ3n) is 2.69. The molecule has 5 heteroatoms. The molecule has 1 heterocycles. The van der Waals surface area contributed by atoms with Crippen molar-refractivity contribution in [1.82, 2.24) is 10.3 Å². The number of hydrogen-bond acceptors (Lipinski definition) is 2. The Morgan fingerprint density at radius 2 is 1.79 bits per heavy atom. The van der Waals surface area contributed by atoms with Crippen LogP contribution in [0.5, 0.6) is 0 Å². The minimum atomic E-state index is -0.367. The van der Waals surface area contributed by atoms with Gasteiger partial charge in [-0.2, -0.15) is 0 Å². The largest absolute Gasteiger partial charge is 0.306 e. The summed E-state index contributed by atoms with van der Waals surface area (Å²) in [6, 6.07) is 6.55. The van der Waals surface area contributed by atoms with Crippen LogP contribution in [0.15, 0.2) is 36.7 Å². The predicted octanol–water partition coefficient (Wildman–Crippen LogP) is 4.23. The first-order valence-electron chi connectivity index (χ1n) is 5.90. The van der Waals surface area contributed by atoms with Gasteiger partial charge in [-0.15, -0.1) is 0 Å². The number of hydrogen-bond donors (Lipinski definition) is 1. The maximum absolute atomic E-state index is 13.3. The summed E-state index contributed by atoms with van der Waals surface area (Å²) in [6.07, 6.45) is 2.81. The van der Waals surface area contributed by atoms with Crippen LogP contribution >= 0.6 is 23.2 Å². The van der Waals surface area contributed by atoms with Crippen molar-refractivity contribution in [2.75, 3.05) is 6.54 Å². The maximum Gasteiger partial charge on any atom is 0.141 e. The topological polar surface area (TPSA) is 24.9 Å². The predicted molar refractivity (Wildman–Crippen MR) is 76.2 cm³/mol. The van der Waals surface area contributed by atoms with Gasteiger partial charge in [0.25, 0.3) is 0 Å². The van der Waals surface area contributed by atoms with Gasteiger partial charge in [0.2, 0.25) is 0 Å². The van der Waals surface area contributed by atoms with Gasteiger partial charge in [0.05, 0.1) is 12.2 Å². The minimum Gasteiger partial charge on any atom is -0.306 e. The lowest BCUT2D eigenvalue weighted by Crippen LogP contribution is -2.22. The lowest BCUT2D eigenvalue weighted by molar-refractivity contribution is 0.596. The summed E-state index contributed by atoms with van der Waals surface area (Å²) < 4.78 is 13.3. The quantitative estimate of drug-likeness (QED) is 0.914. The van der Waals surface area contributed by atoms with Crippen LogP contribution in [0.2, 0.25) is 10.0 Å². The highest BCUT2D eigenvalue weighted by Gasteiger charge is 2.15. The monoisotopic (exact) mass is 298 g/mol. The fourth-order valence-electron chi connectivity index (χ4n) is 1.96. The molecule has 2 nitrogen and oxygen atoms in total. The zero-order valence-corrected chi connectivity index (χ0v) is 11.8. The average molecular weight is 299 g/mol. The fourth-order valence-corrected chi connectivity index (χ4v) is 2.50. The van der Waals surface area contributed by atoms with Crippen molar-refractivity contribution in [2.45, 2.75) is 13.0 Å². The highest BCUT2D eigenvalue weighted by Crippen LogP contribution is 2.27. The first-order valence-corrected chi connectivity index (χ1v) is 6.65. The van der Waals surface area contributed by atoms with E-state index in [1.165, 1.54) is 12.3 Å². The van der Waals surface area contributed by atoms with E-state index in [2.05, 4.69) is 10.3 Å². The van der Waals surface area contributed by atoms with E-state index in [-0.39, 0.29) is 11.9 Å². The van der Waals surface area contributed by atoms with E-state index < -0.39 is 0 Å². The van der Waals surface area contributed by atoms with Crippen LogP contribution in [-0.4, -0.2) is 11.5 Å². The third kappa shape index (κ3) is 3.66. The summed E-state index contributed by atoms with van der Waals surface area (Å²) >= 11 is 12.0. The minimum absolute atomic E-state index is 0.190. The molecule has 1 aromatic carbocycles. The van der Waals surface area contributed by atoms with E-state index in [9.17, 15) is 4.39 Å². The van der Waals surface area contributed by atoms with Gasteiger partial charge in [0, 0.05) is 16.2 Å². The van der Waals surface area contributed by atoms with Crippen molar-refractivity contribution >= 4 is 23.2 Å². The van der Waals surface area contributed by atoms with Crippen LogP contribution in [0.25, 0.3) is 0 Å². The number of nitrogens with one attached hydrogen (secondary N) is 1. The summed E-state index contributed by atoms with van der Waals surface area (Å²) in [5, 5.41) is 4.37. The average Bonchev–Trinajstić information content (AvgIpc) is 2.34. The van der Waals surface area contributed by atoms with Crippen LogP contribution in [0.3, 0.4) is 0 Å². The molecular formula is C14H13Cl2FN2. The van der Waals surface area contributed by atoms with E-state index in [0.717, 1.165) is 17.7 Å². The highest BCUT2D eigenvalue weighted by molar-refractivity contribution is 6.34. The van der Waals surface area contributed by atoms with Gasteiger partial charge < -0.3 is 5.32 Å². The zero-order valence-electron chi connectivity index (χ0n) is 10.3. The summed E-state index contributed by atoms with van der Waals surface area (Å²) in [5.74, 6) is -0.367. The molecule has 19 heavy (non-hydrogen) atoms. The standard InChI is InChI=1S/C14H13Cl2FN2/c1-2-19-14(10-5-13(17)8-18-7-10)9-3-11(15)6-12(16)4-9/h3-8,14,19H,2H2,1H3. The molecule has 0 saturated heterocycles. The van der Waals surface area contributed by atoms with Gasteiger partial charge in [0.15, 0.2) is 0 Å². The van der Waals surface area contributed by atoms with E-state index in [1.54, 1.807) is 12.3 Å². The van der Waals surface area contributed by atoms with Crippen LogP contribution in [0.4, 0.5) is 4.39 Å². The molecule has 0 spiro atoms. The Bertz CT molecular complexity index is 555. The Morgan fingerprint density at radius 1 is 1.11 bits per heavy atom. The van der Waals surface area contributed by atoms with Gasteiger partial charge >= 0.3 is 0 Å². The SMILES string of the molecule is CCNC(c1cncc(F)c1)c1cc(Cl)cc(Cl)c1. The van der Waals surface area contributed by atoms with E-state index in [4.69, 9.17) is 23.2 Å². The molecular weight excluding hydrogens is 286 g/mol. The molecule has 2 rings (SSSR count). The van der Waals surface area contributed by atoms with Gasteiger partial charge in [-0.05, 0) is 41.9 Å². The normalized spacial score (nSPS) is 12.4. The molecule has 1 aromatic heterocycles. The number of halogens is 3. The van der Waals surface area contributed by atoms with Gasteiger partial charge in [-0.1, -0.05) is 30.1 Å². The molecule has 1 atom stereocenters. The van der Waals surface area contributed by atoms with Crippen LogP contribution in [-0.2, 0) is 0 Å².